The van der Waals surface area contributed by atoms with Crippen LogP contribution in [0.2, 0.25) is 0 Å². The fourth-order valence-corrected chi connectivity index (χ4v) is 3.07. The normalized spacial score (nSPS) is 25.4. The van der Waals surface area contributed by atoms with Crippen molar-refractivity contribution >= 4 is 11.8 Å². The Balaban J connectivity index is 1.90. The van der Waals surface area contributed by atoms with Crippen LogP contribution in [0.4, 0.5) is 0 Å². The largest absolute Gasteiger partial charge is 0.381 e. The van der Waals surface area contributed by atoms with Crippen molar-refractivity contribution in [2.24, 2.45) is 5.73 Å². The fourth-order valence-electron chi connectivity index (χ4n) is 3.07. The van der Waals surface area contributed by atoms with E-state index in [0.29, 0.717) is 39.0 Å². The van der Waals surface area contributed by atoms with Gasteiger partial charge in [-0.25, -0.2) is 0 Å². The van der Waals surface area contributed by atoms with Crippen LogP contribution in [0.15, 0.2) is 0 Å². The molecule has 0 bridgehead atoms. The monoisotopic (exact) mass is 297 g/mol. The Kier molecular flexibility index (Phi) is 5.58. The van der Waals surface area contributed by atoms with Crippen LogP contribution in [-0.4, -0.2) is 54.6 Å². The van der Waals surface area contributed by atoms with Gasteiger partial charge in [-0.15, -0.1) is 0 Å². The summed E-state index contributed by atoms with van der Waals surface area (Å²) in [5, 5.41) is 3.02. The lowest BCUT2D eigenvalue weighted by Gasteiger charge is -2.40. The Morgan fingerprint density at radius 3 is 2.76 bits per heavy atom. The van der Waals surface area contributed by atoms with E-state index in [-0.39, 0.29) is 17.9 Å². The molecule has 2 aliphatic rings. The van der Waals surface area contributed by atoms with Crippen molar-refractivity contribution in [3.8, 4) is 0 Å². The molecule has 6 heteroatoms. The van der Waals surface area contributed by atoms with Crippen molar-refractivity contribution in [1.29, 1.82) is 0 Å². The van der Waals surface area contributed by atoms with Crippen LogP contribution >= 0.6 is 0 Å². The molecule has 1 unspecified atom stereocenters. The predicted molar refractivity (Wildman–Crippen MR) is 79.6 cm³/mol. The third-order valence-electron chi connectivity index (χ3n) is 4.36. The molecule has 3 N–H and O–H groups in total. The number of nitrogens with one attached hydrogen (secondary N) is 1. The molecule has 0 saturated carbocycles. The maximum absolute atomic E-state index is 12.7. The molecule has 2 saturated heterocycles. The summed E-state index contributed by atoms with van der Waals surface area (Å²) < 4.78 is 5.30. The molecule has 21 heavy (non-hydrogen) atoms. The summed E-state index contributed by atoms with van der Waals surface area (Å²) in [4.78, 5) is 26.2. The number of amides is 2. The number of nitrogens with zero attached hydrogens (tertiary/aromatic N) is 1. The summed E-state index contributed by atoms with van der Waals surface area (Å²) in [6, 6.07) is 0.0604. The van der Waals surface area contributed by atoms with Gasteiger partial charge in [-0.1, -0.05) is 6.92 Å². The molecule has 2 rings (SSSR count). The van der Waals surface area contributed by atoms with Crippen molar-refractivity contribution in [3.63, 3.8) is 0 Å². The lowest BCUT2D eigenvalue weighted by Crippen LogP contribution is -2.61. The van der Waals surface area contributed by atoms with Crippen LogP contribution in [0, 0.1) is 0 Å². The molecule has 2 aliphatic heterocycles. The molecule has 2 fully saturated rings. The SMILES string of the molecule is CCCC(=O)NC1CCCN(C(=O)C2(N)CCOCC2)C1. The lowest BCUT2D eigenvalue weighted by atomic mass is 9.88. The average molecular weight is 297 g/mol. The Morgan fingerprint density at radius 2 is 2.10 bits per heavy atom. The number of hydrogen-bond donors (Lipinski definition) is 2. The highest BCUT2D eigenvalue weighted by Gasteiger charge is 2.40. The minimum Gasteiger partial charge on any atom is -0.381 e. The van der Waals surface area contributed by atoms with E-state index in [2.05, 4.69) is 5.32 Å². The summed E-state index contributed by atoms with van der Waals surface area (Å²) in [6.07, 6.45) is 4.38. The number of piperidine rings is 1. The second-order valence-electron chi connectivity index (χ2n) is 6.18. The first-order valence-corrected chi connectivity index (χ1v) is 8.00. The van der Waals surface area contributed by atoms with Crippen LogP contribution in [-0.2, 0) is 14.3 Å². The number of carbonyl (C=O) groups excluding carboxylic acids is 2. The molecule has 0 aromatic heterocycles. The van der Waals surface area contributed by atoms with Gasteiger partial charge in [0.2, 0.25) is 11.8 Å². The number of ether oxygens (including phenoxy) is 1. The van der Waals surface area contributed by atoms with Crippen molar-refractivity contribution in [3.05, 3.63) is 0 Å². The van der Waals surface area contributed by atoms with Gasteiger partial charge in [-0.3, -0.25) is 9.59 Å². The summed E-state index contributed by atoms with van der Waals surface area (Å²) in [5.41, 5.74) is 5.49. The average Bonchev–Trinajstić information content (AvgIpc) is 2.47. The smallest absolute Gasteiger partial charge is 0.242 e. The number of rotatable bonds is 4. The van der Waals surface area contributed by atoms with Crippen LogP contribution in [0.3, 0.4) is 0 Å². The van der Waals surface area contributed by atoms with Crippen molar-refractivity contribution in [1.82, 2.24) is 10.2 Å². The maximum Gasteiger partial charge on any atom is 0.242 e. The van der Waals surface area contributed by atoms with E-state index in [0.717, 1.165) is 25.8 Å². The standard InChI is InChI=1S/C15H27N3O3/c1-2-4-13(19)17-12-5-3-8-18(11-12)14(20)15(16)6-9-21-10-7-15/h12H,2-11,16H2,1H3,(H,17,19). The third kappa shape index (κ3) is 4.17. The van der Waals surface area contributed by atoms with Gasteiger partial charge in [0.25, 0.3) is 0 Å². The first-order valence-electron chi connectivity index (χ1n) is 8.00. The first kappa shape index (κ1) is 16.2. The number of likely N-dealkylation sites (tertiary alicyclic amines) is 1. The summed E-state index contributed by atoms with van der Waals surface area (Å²) >= 11 is 0. The van der Waals surface area contributed by atoms with Gasteiger partial charge in [0, 0.05) is 38.8 Å². The van der Waals surface area contributed by atoms with Crippen LogP contribution in [0.5, 0.6) is 0 Å². The molecule has 1 atom stereocenters. The van der Waals surface area contributed by atoms with E-state index in [1.54, 1.807) is 0 Å². The Labute approximate surface area is 126 Å². The van der Waals surface area contributed by atoms with Crippen LogP contribution in [0.1, 0.15) is 45.4 Å². The molecule has 6 nitrogen and oxygen atoms in total. The number of hydrogen-bond acceptors (Lipinski definition) is 4. The minimum atomic E-state index is -0.784. The summed E-state index contributed by atoms with van der Waals surface area (Å²) in [5.74, 6) is 0.0885. The molecular weight excluding hydrogens is 270 g/mol. The second-order valence-corrected chi connectivity index (χ2v) is 6.18. The van der Waals surface area contributed by atoms with E-state index in [9.17, 15) is 9.59 Å². The van der Waals surface area contributed by atoms with E-state index < -0.39 is 5.54 Å². The van der Waals surface area contributed by atoms with Gasteiger partial charge in [0.05, 0.1) is 5.54 Å². The minimum absolute atomic E-state index is 0.0141. The topological polar surface area (TPSA) is 84.7 Å². The Hall–Kier alpha value is -1.14. The van der Waals surface area contributed by atoms with E-state index in [1.807, 2.05) is 11.8 Å². The predicted octanol–water partition coefficient (Wildman–Crippen LogP) is 0.402. The van der Waals surface area contributed by atoms with E-state index >= 15 is 0 Å². The number of carbonyl (C=O) groups is 2. The molecule has 2 amide bonds. The van der Waals surface area contributed by atoms with E-state index in [4.69, 9.17) is 10.5 Å². The summed E-state index contributed by atoms with van der Waals surface area (Å²) in [6.45, 7) is 4.39. The summed E-state index contributed by atoms with van der Waals surface area (Å²) in [7, 11) is 0. The highest BCUT2D eigenvalue weighted by Crippen LogP contribution is 2.22. The van der Waals surface area contributed by atoms with Crippen LogP contribution < -0.4 is 11.1 Å². The molecular formula is C15H27N3O3. The fraction of sp³-hybridized carbons (Fsp3) is 0.867. The van der Waals surface area contributed by atoms with Gasteiger partial charge >= 0.3 is 0 Å². The number of nitrogens with two attached hydrogens (primary N) is 1. The zero-order chi connectivity index (χ0) is 15.3. The maximum atomic E-state index is 12.7. The highest BCUT2D eigenvalue weighted by atomic mass is 16.5. The van der Waals surface area contributed by atoms with Gasteiger partial charge in [-0.2, -0.15) is 0 Å². The van der Waals surface area contributed by atoms with Gasteiger partial charge in [0.15, 0.2) is 0 Å². The zero-order valence-electron chi connectivity index (χ0n) is 12.9. The highest BCUT2D eigenvalue weighted by molar-refractivity contribution is 5.86. The van der Waals surface area contributed by atoms with Gasteiger partial charge in [-0.05, 0) is 32.1 Å². The zero-order valence-corrected chi connectivity index (χ0v) is 12.9. The molecule has 0 aromatic rings. The lowest BCUT2D eigenvalue weighted by molar-refractivity contribution is -0.142. The van der Waals surface area contributed by atoms with E-state index in [1.165, 1.54) is 0 Å². The molecule has 2 heterocycles. The quantitative estimate of drug-likeness (QED) is 0.787. The van der Waals surface area contributed by atoms with Gasteiger partial charge in [0.1, 0.15) is 0 Å². The Bertz CT molecular complexity index is 380. The van der Waals surface area contributed by atoms with Crippen molar-refractivity contribution < 1.29 is 14.3 Å². The molecule has 0 aliphatic carbocycles. The Morgan fingerprint density at radius 1 is 1.38 bits per heavy atom. The molecule has 120 valence electrons. The first-order chi connectivity index (χ1) is 10.0. The molecule has 0 radical (unpaired) electrons. The van der Waals surface area contributed by atoms with Crippen molar-refractivity contribution in [2.75, 3.05) is 26.3 Å². The molecule has 0 spiro atoms. The second kappa shape index (κ2) is 7.22. The van der Waals surface area contributed by atoms with Gasteiger partial charge < -0.3 is 20.7 Å². The van der Waals surface area contributed by atoms with Crippen molar-refractivity contribution in [2.45, 2.75) is 57.0 Å². The molecule has 0 aromatic carbocycles. The van der Waals surface area contributed by atoms with Crippen LogP contribution in [0.25, 0.3) is 0 Å². The third-order valence-corrected chi connectivity index (χ3v) is 4.36.